The third-order valence-corrected chi connectivity index (χ3v) is 5.54. The van der Waals surface area contributed by atoms with Gasteiger partial charge in [0.15, 0.2) is 17.5 Å². The quantitative estimate of drug-likeness (QED) is 0.333. The minimum absolute atomic E-state index is 0. The summed E-state index contributed by atoms with van der Waals surface area (Å²) in [6.45, 7) is 4.22. The molecule has 1 saturated heterocycles. The van der Waals surface area contributed by atoms with E-state index in [4.69, 9.17) is 9.47 Å². The summed E-state index contributed by atoms with van der Waals surface area (Å²) in [5, 5.41) is 13.5. The highest BCUT2D eigenvalue weighted by Gasteiger charge is 2.22. The van der Waals surface area contributed by atoms with Crippen LogP contribution in [0.3, 0.4) is 0 Å². The van der Waals surface area contributed by atoms with E-state index in [0.29, 0.717) is 12.3 Å². The molecule has 7 nitrogen and oxygen atoms in total. The van der Waals surface area contributed by atoms with Crippen molar-refractivity contribution in [3.8, 4) is 17.2 Å². The normalized spacial score (nSPS) is 15.9. The summed E-state index contributed by atoms with van der Waals surface area (Å²) < 4.78 is 11.8. The van der Waals surface area contributed by atoms with Gasteiger partial charge in [0, 0.05) is 39.8 Å². The fourth-order valence-electron chi connectivity index (χ4n) is 3.53. The van der Waals surface area contributed by atoms with Gasteiger partial charge >= 0.3 is 0 Å². The number of phenols is 1. The number of aromatic hydroxyl groups is 1. The van der Waals surface area contributed by atoms with Gasteiger partial charge in [-0.25, -0.2) is 0 Å². The first-order valence-corrected chi connectivity index (χ1v) is 10.0. The Balaban J connectivity index is 0.00000240. The predicted octanol–water partition coefficient (Wildman–Crippen LogP) is 3.40. The number of rotatable bonds is 3. The summed E-state index contributed by atoms with van der Waals surface area (Å²) in [7, 11) is 1.80. The topological polar surface area (TPSA) is 69.6 Å². The number of piperazine rings is 1. The van der Waals surface area contributed by atoms with Crippen LogP contribution in [0.5, 0.6) is 17.2 Å². The zero-order chi connectivity index (χ0) is 19.5. The first-order chi connectivity index (χ1) is 13.7. The van der Waals surface area contributed by atoms with Crippen molar-refractivity contribution < 1.29 is 14.6 Å². The summed E-state index contributed by atoms with van der Waals surface area (Å²) in [5.41, 5.74) is 1.97. The molecule has 0 bridgehead atoms. The highest BCUT2D eigenvalue weighted by Crippen LogP contribution is 2.40. The number of nitrogens with zero attached hydrogens (tertiary/aromatic N) is 3. The van der Waals surface area contributed by atoms with Crippen LogP contribution >= 0.6 is 39.9 Å². The Morgan fingerprint density at radius 1 is 1.17 bits per heavy atom. The molecule has 0 amide bonds. The number of aliphatic imine (C=N–C) groups is 1. The highest BCUT2D eigenvalue weighted by atomic mass is 127. The van der Waals surface area contributed by atoms with E-state index >= 15 is 0 Å². The van der Waals surface area contributed by atoms with E-state index in [0.717, 1.165) is 59.4 Å². The van der Waals surface area contributed by atoms with Gasteiger partial charge in [0.1, 0.15) is 5.75 Å². The van der Waals surface area contributed by atoms with E-state index in [1.165, 1.54) is 0 Å². The number of hydrogen-bond donors (Lipinski definition) is 2. The molecule has 9 heteroatoms. The Hall–Kier alpha value is -1.88. The molecule has 2 aliphatic heterocycles. The van der Waals surface area contributed by atoms with Crippen LogP contribution in [0.4, 0.5) is 5.69 Å². The van der Waals surface area contributed by atoms with E-state index in [1.54, 1.807) is 13.1 Å². The number of phenolic OH excluding ortho intramolecular Hbond substituents is 1. The standard InChI is InChI=1S/C20H23BrN4O3.HI/c1-22-20(23-12-14-10-15(21)19-18(11-14)27-13-28-19)25-8-6-24(7-9-25)16-4-2-3-5-17(16)26;/h2-5,10-11,26H,6-9,12-13H2,1H3,(H,22,23);1H. The average molecular weight is 575 g/mol. The van der Waals surface area contributed by atoms with Crippen molar-refractivity contribution in [1.82, 2.24) is 10.2 Å². The minimum atomic E-state index is 0. The largest absolute Gasteiger partial charge is 0.506 e. The lowest BCUT2D eigenvalue weighted by molar-refractivity contribution is 0.173. The molecule has 4 rings (SSSR count). The zero-order valence-electron chi connectivity index (χ0n) is 16.1. The third-order valence-electron chi connectivity index (χ3n) is 4.95. The van der Waals surface area contributed by atoms with Crippen molar-refractivity contribution in [2.24, 2.45) is 4.99 Å². The maximum atomic E-state index is 10.1. The second-order valence-corrected chi connectivity index (χ2v) is 7.53. The highest BCUT2D eigenvalue weighted by molar-refractivity contribution is 14.0. The summed E-state index contributed by atoms with van der Waals surface area (Å²) in [5.74, 6) is 2.71. The monoisotopic (exact) mass is 574 g/mol. The summed E-state index contributed by atoms with van der Waals surface area (Å²) >= 11 is 3.53. The lowest BCUT2D eigenvalue weighted by Crippen LogP contribution is -2.52. The number of hydrogen-bond acceptors (Lipinski definition) is 5. The molecule has 0 atom stereocenters. The van der Waals surface area contributed by atoms with Crippen molar-refractivity contribution in [2.45, 2.75) is 6.54 Å². The van der Waals surface area contributed by atoms with Gasteiger partial charge in [-0.3, -0.25) is 4.99 Å². The lowest BCUT2D eigenvalue weighted by Gasteiger charge is -2.37. The molecule has 2 N–H and O–H groups in total. The Labute approximate surface area is 195 Å². The lowest BCUT2D eigenvalue weighted by atomic mass is 10.2. The smallest absolute Gasteiger partial charge is 0.231 e. The van der Waals surface area contributed by atoms with Gasteiger partial charge in [0.2, 0.25) is 6.79 Å². The van der Waals surface area contributed by atoms with Crippen molar-refractivity contribution in [3.05, 3.63) is 46.4 Å². The molecular weight excluding hydrogens is 551 g/mol. The minimum Gasteiger partial charge on any atom is -0.506 e. The number of guanidine groups is 1. The van der Waals surface area contributed by atoms with Crippen LogP contribution in [-0.2, 0) is 6.54 Å². The molecule has 2 aromatic carbocycles. The number of fused-ring (bicyclic) bond motifs is 1. The van der Waals surface area contributed by atoms with Gasteiger partial charge in [0.05, 0.1) is 10.2 Å². The molecule has 1 fully saturated rings. The zero-order valence-corrected chi connectivity index (χ0v) is 20.0. The van der Waals surface area contributed by atoms with Crippen LogP contribution in [0.15, 0.2) is 45.9 Å². The van der Waals surface area contributed by atoms with Gasteiger partial charge in [-0.2, -0.15) is 0 Å². The molecule has 29 heavy (non-hydrogen) atoms. The number of halogens is 2. The molecule has 0 unspecified atom stereocenters. The first kappa shape index (κ1) is 21.8. The van der Waals surface area contributed by atoms with Gasteiger partial charge in [-0.15, -0.1) is 24.0 Å². The molecule has 156 valence electrons. The first-order valence-electron chi connectivity index (χ1n) is 9.22. The number of anilines is 1. The number of nitrogens with one attached hydrogen (secondary N) is 1. The maximum Gasteiger partial charge on any atom is 0.231 e. The molecule has 0 aliphatic carbocycles. The molecule has 0 saturated carbocycles. The van der Waals surface area contributed by atoms with Gasteiger partial charge in [-0.1, -0.05) is 12.1 Å². The van der Waals surface area contributed by atoms with Crippen molar-refractivity contribution in [3.63, 3.8) is 0 Å². The van der Waals surface area contributed by atoms with Crippen molar-refractivity contribution in [1.29, 1.82) is 0 Å². The summed E-state index contributed by atoms with van der Waals surface area (Å²) in [6, 6.07) is 11.5. The van der Waals surface area contributed by atoms with Crippen LogP contribution < -0.4 is 19.7 Å². The maximum absolute atomic E-state index is 10.1. The fourth-order valence-corrected chi connectivity index (χ4v) is 4.13. The van der Waals surface area contributed by atoms with Crippen LogP contribution in [0.2, 0.25) is 0 Å². The fraction of sp³-hybridized carbons (Fsp3) is 0.350. The average Bonchev–Trinajstić information content (AvgIpc) is 3.19. The Kier molecular flexibility index (Phi) is 7.33. The summed E-state index contributed by atoms with van der Waals surface area (Å²) in [4.78, 5) is 8.87. The second kappa shape index (κ2) is 9.75. The van der Waals surface area contributed by atoms with Crippen molar-refractivity contribution >= 4 is 51.6 Å². The van der Waals surface area contributed by atoms with Crippen molar-refractivity contribution in [2.75, 3.05) is 44.9 Å². The molecule has 0 aromatic heterocycles. The molecule has 2 aliphatic rings. The Morgan fingerprint density at radius 3 is 2.66 bits per heavy atom. The predicted molar refractivity (Wildman–Crippen MR) is 128 cm³/mol. The van der Waals surface area contributed by atoms with Crippen LogP contribution in [0, 0.1) is 0 Å². The molecular formula is C20H24BrIN4O3. The van der Waals surface area contributed by atoms with E-state index < -0.39 is 0 Å². The number of ether oxygens (including phenoxy) is 2. The van der Waals surface area contributed by atoms with Gasteiger partial charge in [0.25, 0.3) is 0 Å². The van der Waals surface area contributed by atoms with Crippen LogP contribution in [0.25, 0.3) is 0 Å². The van der Waals surface area contributed by atoms with E-state index in [9.17, 15) is 5.11 Å². The van der Waals surface area contributed by atoms with Crippen LogP contribution in [0.1, 0.15) is 5.56 Å². The van der Waals surface area contributed by atoms with Gasteiger partial charge in [-0.05, 0) is 45.8 Å². The van der Waals surface area contributed by atoms with E-state index in [-0.39, 0.29) is 30.8 Å². The molecule has 0 radical (unpaired) electrons. The third kappa shape index (κ3) is 4.82. The second-order valence-electron chi connectivity index (χ2n) is 6.68. The summed E-state index contributed by atoms with van der Waals surface area (Å²) in [6.07, 6.45) is 0. The van der Waals surface area contributed by atoms with Crippen LogP contribution in [-0.4, -0.2) is 56.0 Å². The SMILES string of the molecule is CN=C(NCc1cc(Br)c2c(c1)OCO2)N1CCN(c2ccccc2O)CC1.I. The van der Waals surface area contributed by atoms with E-state index in [1.807, 2.05) is 30.3 Å². The number of para-hydroxylation sites is 2. The Morgan fingerprint density at radius 2 is 1.93 bits per heavy atom. The molecule has 0 spiro atoms. The van der Waals surface area contributed by atoms with E-state index in [2.05, 4.69) is 36.0 Å². The Bertz CT molecular complexity index is 888. The van der Waals surface area contributed by atoms with Gasteiger partial charge < -0.3 is 29.7 Å². The molecule has 2 heterocycles. The molecule has 2 aromatic rings. The number of benzene rings is 2.